The van der Waals surface area contributed by atoms with E-state index in [0.29, 0.717) is 39.0 Å². The molecule has 1 atom stereocenters. The molecule has 5 rings (SSSR count). The minimum atomic E-state index is 0.00975. The van der Waals surface area contributed by atoms with Gasteiger partial charge in [0.05, 0.1) is 0 Å². The summed E-state index contributed by atoms with van der Waals surface area (Å²) in [6.07, 6.45) is 1.98. The maximum atomic E-state index is 13.2. The maximum absolute atomic E-state index is 13.2. The van der Waals surface area contributed by atoms with Crippen molar-refractivity contribution >= 4 is 34.5 Å². The zero-order valence-corrected chi connectivity index (χ0v) is 18.6. The molecule has 3 heterocycles. The van der Waals surface area contributed by atoms with Crippen molar-refractivity contribution in [1.29, 1.82) is 0 Å². The standard InChI is InChI=1S/C24H23ClN6O2/c25-19-7-6-17(24(32)31-9-8-16(13-31)10-15-4-2-1-3-5-15)11-18(19)14-33-20-12-21(26)27-23-22(20)28-30-29-23/h1-7,11-12,16H,8-10,13-14H2,(H3,26,27,28,29,30). The van der Waals surface area contributed by atoms with Crippen LogP contribution in [0.25, 0.3) is 11.2 Å². The molecule has 168 valence electrons. The summed E-state index contributed by atoms with van der Waals surface area (Å²) < 4.78 is 5.92. The Labute approximate surface area is 195 Å². The van der Waals surface area contributed by atoms with Gasteiger partial charge in [0.1, 0.15) is 12.4 Å². The number of pyridine rings is 1. The highest BCUT2D eigenvalue weighted by Crippen LogP contribution is 2.27. The van der Waals surface area contributed by atoms with Crippen LogP contribution < -0.4 is 10.5 Å². The van der Waals surface area contributed by atoms with E-state index >= 15 is 0 Å². The predicted molar refractivity (Wildman–Crippen MR) is 126 cm³/mol. The smallest absolute Gasteiger partial charge is 0.253 e. The highest BCUT2D eigenvalue weighted by molar-refractivity contribution is 6.31. The van der Waals surface area contributed by atoms with E-state index < -0.39 is 0 Å². The van der Waals surface area contributed by atoms with Crippen LogP contribution >= 0.6 is 11.6 Å². The first-order valence-corrected chi connectivity index (χ1v) is 11.2. The Hall–Kier alpha value is -3.65. The Bertz CT molecular complexity index is 1290. The fourth-order valence-corrected chi connectivity index (χ4v) is 4.40. The van der Waals surface area contributed by atoms with Gasteiger partial charge in [0, 0.05) is 35.3 Å². The molecule has 0 radical (unpaired) electrons. The van der Waals surface area contributed by atoms with Crippen molar-refractivity contribution in [2.45, 2.75) is 19.4 Å². The van der Waals surface area contributed by atoms with E-state index in [1.165, 1.54) is 5.56 Å². The first-order valence-electron chi connectivity index (χ1n) is 10.8. The molecule has 4 aromatic rings. The van der Waals surface area contributed by atoms with Crippen molar-refractivity contribution in [2.75, 3.05) is 18.8 Å². The number of H-pyrrole nitrogens is 1. The number of carbonyl (C=O) groups excluding carboxylic acids is 1. The van der Waals surface area contributed by atoms with Crippen LogP contribution in [0.1, 0.15) is 27.9 Å². The van der Waals surface area contributed by atoms with E-state index in [-0.39, 0.29) is 18.3 Å². The summed E-state index contributed by atoms with van der Waals surface area (Å²) in [6.45, 7) is 1.66. The largest absolute Gasteiger partial charge is 0.486 e. The topological polar surface area (TPSA) is 110 Å². The lowest BCUT2D eigenvalue weighted by atomic mass is 9.99. The van der Waals surface area contributed by atoms with E-state index in [1.54, 1.807) is 24.3 Å². The first-order chi connectivity index (χ1) is 16.1. The summed E-state index contributed by atoms with van der Waals surface area (Å²) in [5, 5.41) is 11.0. The number of nitrogens with zero attached hydrogens (tertiary/aromatic N) is 4. The van der Waals surface area contributed by atoms with Crippen LogP contribution in [0, 0.1) is 5.92 Å². The van der Waals surface area contributed by atoms with Gasteiger partial charge < -0.3 is 15.4 Å². The summed E-state index contributed by atoms with van der Waals surface area (Å²) >= 11 is 6.39. The monoisotopic (exact) mass is 462 g/mol. The van der Waals surface area contributed by atoms with Gasteiger partial charge >= 0.3 is 0 Å². The molecule has 33 heavy (non-hydrogen) atoms. The van der Waals surface area contributed by atoms with Gasteiger partial charge in [-0.2, -0.15) is 10.3 Å². The van der Waals surface area contributed by atoms with Gasteiger partial charge in [-0.1, -0.05) is 41.9 Å². The molecule has 0 spiro atoms. The summed E-state index contributed by atoms with van der Waals surface area (Å²) in [5.74, 6) is 1.20. The number of benzene rings is 2. The SMILES string of the molecule is Nc1cc(OCc2cc(C(=O)N3CCC(Cc4ccccc4)C3)ccc2Cl)c2n[nH]nc2n1. The van der Waals surface area contributed by atoms with Gasteiger partial charge in [-0.15, -0.1) is 5.10 Å². The fourth-order valence-electron chi connectivity index (χ4n) is 4.22. The second-order valence-electron chi connectivity index (χ2n) is 8.23. The predicted octanol–water partition coefficient (Wildman–Crippen LogP) is 3.87. The summed E-state index contributed by atoms with van der Waals surface area (Å²) in [4.78, 5) is 19.2. The molecular weight excluding hydrogens is 440 g/mol. The van der Waals surface area contributed by atoms with Gasteiger partial charge in [0.25, 0.3) is 5.91 Å². The van der Waals surface area contributed by atoms with Crippen molar-refractivity contribution < 1.29 is 9.53 Å². The number of ether oxygens (including phenoxy) is 1. The van der Waals surface area contributed by atoms with Crippen LogP contribution in [-0.4, -0.2) is 44.3 Å². The summed E-state index contributed by atoms with van der Waals surface area (Å²) in [6, 6.07) is 17.3. The van der Waals surface area contributed by atoms with E-state index in [4.69, 9.17) is 22.1 Å². The number of likely N-dealkylation sites (tertiary alicyclic amines) is 1. The van der Waals surface area contributed by atoms with Gasteiger partial charge in [0.15, 0.2) is 11.3 Å². The molecule has 8 nitrogen and oxygen atoms in total. The Morgan fingerprint density at radius 2 is 2.03 bits per heavy atom. The number of aromatic amines is 1. The van der Waals surface area contributed by atoms with Crippen LogP contribution in [0.3, 0.4) is 0 Å². The second-order valence-corrected chi connectivity index (χ2v) is 8.64. The normalized spacial score (nSPS) is 15.8. The average molecular weight is 463 g/mol. The summed E-state index contributed by atoms with van der Waals surface area (Å²) in [7, 11) is 0. The Kier molecular flexibility index (Phi) is 5.83. The number of hydrogen-bond donors (Lipinski definition) is 2. The molecule has 1 aliphatic heterocycles. The molecule has 2 aromatic carbocycles. The van der Waals surface area contributed by atoms with Crippen LogP contribution in [0.2, 0.25) is 5.02 Å². The van der Waals surface area contributed by atoms with Crippen LogP contribution in [0.4, 0.5) is 5.82 Å². The molecule has 0 bridgehead atoms. The van der Waals surface area contributed by atoms with Gasteiger partial charge in [-0.3, -0.25) is 4.79 Å². The number of fused-ring (bicyclic) bond motifs is 1. The van der Waals surface area contributed by atoms with E-state index in [9.17, 15) is 4.79 Å². The van der Waals surface area contributed by atoms with Gasteiger partial charge in [-0.25, -0.2) is 4.98 Å². The fraction of sp³-hybridized carbons (Fsp3) is 0.250. The Balaban J connectivity index is 1.27. The zero-order chi connectivity index (χ0) is 22.8. The lowest BCUT2D eigenvalue weighted by molar-refractivity contribution is 0.0787. The van der Waals surface area contributed by atoms with Crippen molar-refractivity contribution in [2.24, 2.45) is 5.92 Å². The van der Waals surface area contributed by atoms with E-state index in [2.05, 4.69) is 44.7 Å². The van der Waals surface area contributed by atoms with Crippen molar-refractivity contribution in [3.8, 4) is 5.75 Å². The average Bonchev–Trinajstić information content (AvgIpc) is 3.48. The van der Waals surface area contributed by atoms with Crippen molar-refractivity contribution in [3.05, 3.63) is 76.3 Å². The van der Waals surface area contributed by atoms with Crippen LogP contribution in [0.5, 0.6) is 5.75 Å². The number of carbonyl (C=O) groups is 1. The molecule has 1 unspecified atom stereocenters. The van der Waals surface area contributed by atoms with Crippen molar-refractivity contribution in [3.63, 3.8) is 0 Å². The number of aromatic nitrogens is 4. The van der Waals surface area contributed by atoms with Gasteiger partial charge in [0.2, 0.25) is 5.65 Å². The molecule has 2 aromatic heterocycles. The van der Waals surface area contributed by atoms with E-state index in [1.807, 2.05) is 11.0 Å². The molecule has 9 heteroatoms. The highest BCUT2D eigenvalue weighted by atomic mass is 35.5. The third-order valence-corrected chi connectivity index (χ3v) is 6.26. The number of amides is 1. The van der Waals surface area contributed by atoms with E-state index in [0.717, 1.165) is 25.9 Å². The minimum absolute atomic E-state index is 0.00975. The number of rotatable bonds is 6. The third kappa shape index (κ3) is 4.61. The van der Waals surface area contributed by atoms with Crippen LogP contribution in [0.15, 0.2) is 54.6 Å². The van der Waals surface area contributed by atoms with Crippen molar-refractivity contribution in [1.82, 2.24) is 25.3 Å². The molecule has 0 aliphatic carbocycles. The minimum Gasteiger partial charge on any atom is -0.486 e. The number of anilines is 1. The number of halogens is 1. The second kappa shape index (κ2) is 9.07. The maximum Gasteiger partial charge on any atom is 0.253 e. The molecule has 0 saturated carbocycles. The number of nitrogens with one attached hydrogen (secondary N) is 1. The lowest BCUT2D eigenvalue weighted by Crippen LogP contribution is -2.29. The number of nitrogens with two attached hydrogens (primary N) is 1. The zero-order valence-electron chi connectivity index (χ0n) is 17.9. The Morgan fingerprint density at radius 3 is 2.88 bits per heavy atom. The lowest BCUT2D eigenvalue weighted by Gasteiger charge is -2.18. The molecule has 1 aliphatic rings. The van der Waals surface area contributed by atoms with Crippen LogP contribution in [-0.2, 0) is 13.0 Å². The highest BCUT2D eigenvalue weighted by Gasteiger charge is 2.27. The first kappa shape index (κ1) is 21.2. The molecule has 3 N–H and O–H groups in total. The molecule has 1 amide bonds. The summed E-state index contributed by atoms with van der Waals surface area (Å²) in [5.41, 5.74) is 9.29. The third-order valence-electron chi connectivity index (χ3n) is 5.89. The Morgan fingerprint density at radius 1 is 1.18 bits per heavy atom. The molecule has 1 saturated heterocycles. The number of hydrogen-bond acceptors (Lipinski definition) is 6. The quantitative estimate of drug-likeness (QED) is 0.450. The molecular formula is C24H23ClN6O2. The van der Waals surface area contributed by atoms with Gasteiger partial charge in [-0.05, 0) is 42.5 Å². The molecule has 1 fully saturated rings. The number of nitrogen functional groups attached to an aromatic ring is 1.